The first-order chi connectivity index (χ1) is 6.90. The van der Waals surface area contributed by atoms with Crippen LogP contribution in [0.4, 0.5) is 0 Å². The van der Waals surface area contributed by atoms with Gasteiger partial charge in [-0.05, 0) is 69.6 Å². The maximum absolute atomic E-state index is 8.83. The van der Waals surface area contributed by atoms with Gasteiger partial charge >= 0.3 is 0 Å². The van der Waals surface area contributed by atoms with Crippen LogP contribution in [-0.4, -0.2) is 0 Å². The van der Waals surface area contributed by atoms with Gasteiger partial charge in [0.15, 0.2) is 0 Å². The van der Waals surface area contributed by atoms with E-state index < -0.39 is 0 Å². The van der Waals surface area contributed by atoms with E-state index in [-0.39, 0.29) is 0 Å². The molecule has 0 aromatic carbocycles. The number of hydrogen-bond donors (Lipinski definition) is 0. The third-order valence-corrected chi connectivity index (χ3v) is 4.10. The van der Waals surface area contributed by atoms with Crippen LogP contribution >= 0.6 is 0 Å². The molecule has 0 aliphatic heterocycles. The van der Waals surface area contributed by atoms with Gasteiger partial charge in [0.1, 0.15) is 0 Å². The molecule has 2 aliphatic carbocycles. The van der Waals surface area contributed by atoms with Crippen LogP contribution in [0.2, 0.25) is 0 Å². The monoisotopic (exact) mass is 190 g/mol. The molecule has 2 fully saturated rings. The molecule has 2 aliphatic rings. The third kappa shape index (κ3) is 2.29. The Labute approximate surface area is 87.5 Å². The second kappa shape index (κ2) is 4.82. The maximum atomic E-state index is 8.83. The fourth-order valence-corrected chi connectivity index (χ4v) is 3.14. The van der Waals surface area contributed by atoms with Crippen molar-refractivity contribution in [2.24, 2.45) is 17.8 Å². The highest BCUT2D eigenvalue weighted by atomic mass is 14.4. The molecule has 1 heteroatoms. The van der Waals surface area contributed by atoms with Gasteiger partial charge in [0.25, 0.3) is 0 Å². The van der Waals surface area contributed by atoms with Crippen LogP contribution in [0.3, 0.4) is 0 Å². The van der Waals surface area contributed by atoms with Crippen LogP contribution in [-0.2, 0) is 0 Å². The molecule has 0 atom stereocenters. The summed E-state index contributed by atoms with van der Waals surface area (Å²) in [6.45, 7) is 0. The van der Waals surface area contributed by atoms with Gasteiger partial charge in [0, 0.05) is 5.92 Å². The predicted molar refractivity (Wildman–Crippen MR) is 57.3 cm³/mol. The fourth-order valence-electron chi connectivity index (χ4n) is 3.14. The minimum absolute atomic E-state index is 0.376. The van der Waals surface area contributed by atoms with Crippen molar-refractivity contribution in [2.45, 2.75) is 51.4 Å². The van der Waals surface area contributed by atoms with Crippen molar-refractivity contribution in [3.05, 3.63) is 6.42 Å². The van der Waals surface area contributed by atoms with Gasteiger partial charge < -0.3 is 0 Å². The van der Waals surface area contributed by atoms with E-state index in [4.69, 9.17) is 5.26 Å². The van der Waals surface area contributed by atoms with Crippen molar-refractivity contribution in [3.8, 4) is 6.07 Å². The van der Waals surface area contributed by atoms with Crippen LogP contribution in [0, 0.1) is 35.5 Å². The average molecular weight is 190 g/mol. The molecule has 0 unspecified atom stereocenters. The first-order valence-corrected chi connectivity index (χ1v) is 6.11. The summed E-state index contributed by atoms with van der Waals surface area (Å²) >= 11 is 0. The lowest BCUT2D eigenvalue weighted by atomic mass is 9.71. The zero-order valence-electron chi connectivity index (χ0n) is 8.91. The summed E-state index contributed by atoms with van der Waals surface area (Å²) in [5.41, 5.74) is 0. The van der Waals surface area contributed by atoms with E-state index in [0.717, 1.165) is 11.8 Å². The van der Waals surface area contributed by atoms with Gasteiger partial charge in [-0.3, -0.25) is 0 Å². The van der Waals surface area contributed by atoms with Crippen molar-refractivity contribution in [3.63, 3.8) is 0 Å². The van der Waals surface area contributed by atoms with Gasteiger partial charge in [0.2, 0.25) is 0 Å². The van der Waals surface area contributed by atoms with Crippen LogP contribution in [0.5, 0.6) is 0 Å². The van der Waals surface area contributed by atoms with Crippen LogP contribution in [0.1, 0.15) is 51.4 Å². The molecule has 77 valence electrons. The van der Waals surface area contributed by atoms with E-state index in [2.05, 4.69) is 12.5 Å². The van der Waals surface area contributed by atoms with E-state index in [1.165, 1.54) is 51.4 Å². The number of nitriles is 1. The molecule has 0 saturated heterocycles. The minimum atomic E-state index is 0.376. The highest BCUT2D eigenvalue weighted by molar-refractivity contribution is 4.90. The van der Waals surface area contributed by atoms with Gasteiger partial charge in [-0.2, -0.15) is 5.26 Å². The Bertz CT molecular complexity index is 202. The summed E-state index contributed by atoms with van der Waals surface area (Å²) in [6, 6.07) is 2.42. The second-order valence-electron chi connectivity index (χ2n) is 4.94. The summed E-state index contributed by atoms with van der Waals surface area (Å²) in [5.74, 6) is 2.31. The van der Waals surface area contributed by atoms with Crippen LogP contribution < -0.4 is 0 Å². The molecule has 2 saturated carbocycles. The number of nitrogens with zero attached hydrogens (tertiary/aromatic N) is 1. The quantitative estimate of drug-likeness (QED) is 0.618. The summed E-state index contributed by atoms with van der Waals surface area (Å²) < 4.78 is 0. The van der Waals surface area contributed by atoms with E-state index in [9.17, 15) is 0 Å². The van der Waals surface area contributed by atoms with Gasteiger partial charge in [0.05, 0.1) is 6.07 Å². The SMILES string of the molecule is N#C[C@H]1CC[C@H](C2CC[CH]CC2)CC1. The smallest absolute Gasteiger partial charge is 0.0655 e. The first kappa shape index (κ1) is 10.0. The average Bonchev–Trinajstić information content (AvgIpc) is 2.30. The third-order valence-electron chi connectivity index (χ3n) is 4.10. The van der Waals surface area contributed by atoms with Gasteiger partial charge in [-0.1, -0.05) is 0 Å². The normalized spacial score (nSPS) is 35.1. The topological polar surface area (TPSA) is 23.8 Å². The molecular formula is C13H20N. The maximum Gasteiger partial charge on any atom is 0.0655 e. The van der Waals surface area contributed by atoms with Crippen molar-refractivity contribution in [2.75, 3.05) is 0 Å². The molecule has 0 N–H and O–H groups in total. The largest absolute Gasteiger partial charge is 0.198 e. The van der Waals surface area contributed by atoms with E-state index >= 15 is 0 Å². The summed E-state index contributed by atoms with van der Waals surface area (Å²) in [7, 11) is 0. The first-order valence-electron chi connectivity index (χ1n) is 6.11. The summed E-state index contributed by atoms with van der Waals surface area (Å²) in [6.07, 6.45) is 12.9. The highest BCUT2D eigenvalue weighted by Gasteiger charge is 2.28. The molecule has 0 heterocycles. The van der Waals surface area contributed by atoms with E-state index in [1.54, 1.807) is 0 Å². The predicted octanol–water partition coefficient (Wildman–Crippen LogP) is 3.71. The molecule has 0 aromatic heterocycles. The molecule has 1 radical (unpaired) electrons. The molecule has 0 aromatic rings. The fraction of sp³-hybridized carbons (Fsp3) is 0.846. The van der Waals surface area contributed by atoms with Crippen LogP contribution in [0.15, 0.2) is 0 Å². The van der Waals surface area contributed by atoms with Crippen molar-refractivity contribution in [1.29, 1.82) is 5.26 Å². The number of rotatable bonds is 1. The van der Waals surface area contributed by atoms with Crippen molar-refractivity contribution < 1.29 is 0 Å². The lowest BCUT2D eigenvalue weighted by Gasteiger charge is -2.34. The van der Waals surface area contributed by atoms with E-state index in [1.807, 2.05) is 0 Å². The van der Waals surface area contributed by atoms with Crippen LogP contribution in [0.25, 0.3) is 0 Å². The Balaban J connectivity index is 1.79. The van der Waals surface area contributed by atoms with Gasteiger partial charge in [-0.15, -0.1) is 0 Å². The van der Waals surface area contributed by atoms with Crippen molar-refractivity contribution in [1.82, 2.24) is 0 Å². The molecule has 0 bridgehead atoms. The lowest BCUT2D eigenvalue weighted by Crippen LogP contribution is -2.23. The Morgan fingerprint density at radius 1 is 0.857 bits per heavy atom. The lowest BCUT2D eigenvalue weighted by molar-refractivity contribution is 0.194. The van der Waals surface area contributed by atoms with Gasteiger partial charge in [-0.25, -0.2) is 0 Å². The Hall–Kier alpha value is -0.510. The highest BCUT2D eigenvalue weighted by Crippen LogP contribution is 2.39. The Kier molecular flexibility index (Phi) is 3.45. The molecule has 0 amide bonds. The molecule has 2 rings (SSSR count). The summed E-state index contributed by atoms with van der Waals surface area (Å²) in [4.78, 5) is 0. The second-order valence-corrected chi connectivity index (χ2v) is 4.94. The minimum Gasteiger partial charge on any atom is -0.198 e. The molecule has 0 spiro atoms. The zero-order chi connectivity index (χ0) is 9.80. The van der Waals surface area contributed by atoms with E-state index in [0.29, 0.717) is 5.92 Å². The Morgan fingerprint density at radius 3 is 2.00 bits per heavy atom. The zero-order valence-corrected chi connectivity index (χ0v) is 8.91. The Morgan fingerprint density at radius 2 is 1.43 bits per heavy atom. The van der Waals surface area contributed by atoms with Crippen molar-refractivity contribution >= 4 is 0 Å². The molecule has 14 heavy (non-hydrogen) atoms. The standard InChI is InChI=1S/C13H20N/c14-10-11-6-8-13(9-7-11)12-4-2-1-3-5-12/h1,11-13H,2-9H2/t11-,13-. The molecule has 1 nitrogen and oxygen atoms in total. The summed E-state index contributed by atoms with van der Waals surface area (Å²) in [5, 5.41) is 8.83. The molecular weight excluding hydrogens is 170 g/mol. The number of hydrogen-bond acceptors (Lipinski definition) is 1.